The van der Waals surface area contributed by atoms with Crippen LogP contribution in [0, 0.1) is 0 Å². The van der Waals surface area contributed by atoms with Crippen LogP contribution in [0.5, 0.6) is 0 Å². The summed E-state index contributed by atoms with van der Waals surface area (Å²) in [5, 5.41) is 2.10. The predicted molar refractivity (Wildman–Crippen MR) is 131 cm³/mol. The predicted octanol–water partition coefficient (Wildman–Crippen LogP) is 4.33. The lowest BCUT2D eigenvalue weighted by molar-refractivity contribution is -0.142. The number of carbonyl (C=O) groups is 2. The zero-order valence-corrected chi connectivity index (χ0v) is 19.8. The van der Waals surface area contributed by atoms with Crippen molar-refractivity contribution in [3.8, 4) is 0 Å². The Bertz CT molecular complexity index is 1050. The maximum absolute atomic E-state index is 13.6. The summed E-state index contributed by atoms with van der Waals surface area (Å²) < 4.78 is 5.22. The molecule has 0 fully saturated rings. The van der Waals surface area contributed by atoms with Gasteiger partial charge >= 0.3 is 0 Å². The Labute approximate surface area is 199 Å². The van der Waals surface area contributed by atoms with Gasteiger partial charge in [-0.3, -0.25) is 9.59 Å². The van der Waals surface area contributed by atoms with Crippen molar-refractivity contribution in [1.82, 2.24) is 9.80 Å². The molecule has 1 atom stereocenters. The van der Waals surface area contributed by atoms with Crippen LogP contribution < -0.4 is 0 Å². The molecule has 3 aromatic rings. The molecule has 6 heteroatoms. The molecule has 4 rings (SSSR count). The number of carbonyl (C=O) groups excluding carboxylic acids is 2. The summed E-state index contributed by atoms with van der Waals surface area (Å²) in [4.78, 5) is 31.5. The molecule has 172 valence electrons. The monoisotopic (exact) mass is 462 g/mol. The summed E-state index contributed by atoms with van der Waals surface area (Å²) in [6.45, 7) is 1.53. The highest BCUT2D eigenvalue weighted by Gasteiger charge is 2.33. The highest BCUT2D eigenvalue weighted by atomic mass is 32.1. The van der Waals surface area contributed by atoms with E-state index in [1.807, 2.05) is 53.4 Å². The molecule has 1 unspecified atom stereocenters. The van der Waals surface area contributed by atoms with Gasteiger partial charge < -0.3 is 14.5 Å². The third kappa shape index (κ3) is 5.70. The smallest absolute Gasteiger partial charge is 0.242 e. The molecule has 2 aromatic carbocycles. The average Bonchev–Trinajstić information content (AvgIpc) is 3.34. The summed E-state index contributed by atoms with van der Waals surface area (Å²) in [5.74, 6) is -0.0430. The molecular weight excluding hydrogens is 432 g/mol. The van der Waals surface area contributed by atoms with E-state index in [-0.39, 0.29) is 24.4 Å². The van der Waals surface area contributed by atoms with E-state index in [2.05, 4.69) is 23.6 Å². The Morgan fingerprint density at radius 2 is 1.79 bits per heavy atom. The van der Waals surface area contributed by atoms with Crippen molar-refractivity contribution in [3.63, 3.8) is 0 Å². The third-order valence-corrected chi connectivity index (χ3v) is 7.11. The number of aryl methyl sites for hydroxylation is 1. The Kier molecular flexibility index (Phi) is 7.92. The Balaban J connectivity index is 1.49. The quantitative estimate of drug-likeness (QED) is 0.476. The molecule has 5 nitrogen and oxygen atoms in total. The number of benzene rings is 2. The molecule has 2 heterocycles. The van der Waals surface area contributed by atoms with Crippen LogP contribution in [0.3, 0.4) is 0 Å². The van der Waals surface area contributed by atoms with Crippen LogP contribution in [0.2, 0.25) is 0 Å². The number of ether oxygens (including phenoxy) is 1. The fraction of sp³-hybridized carbons (Fsp3) is 0.333. The van der Waals surface area contributed by atoms with Gasteiger partial charge in [0.2, 0.25) is 11.8 Å². The van der Waals surface area contributed by atoms with E-state index in [0.717, 1.165) is 17.5 Å². The first-order valence-electron chi connectivity index (χ1n) is 11.4. The van der Waals surface area contributed by atoms with Crippen molar-refractivity contribution < 1.29 is 14.3 Å². The van der Waals surface area contributed by atoms with Gasteiger partial charge in [0.05, 0.1) is 19.2 Å². The van der Waals surface area contributed by atoms with Gasteiger partial charge in [0.25, 0.3) is 0 Å². The maximum atomic E-state index is 13.6. The molecule has 1 aliphatic heterocycles. The number of nitrogens with zero attached hydrogens (tertiary/aromatic N) is 2. The minimum Gasteiger partial charge on any atom is -0.383 e. The second kappa shape index (κ2) is 11.3. The minimum atomic E-state index is -0.114. The summed E-state index contributed by atoms with van der Waals surface area (Å²) in [7, 11) is 1.61. The fourth-order valence-corrected chi connectivity index (χ4v) is 5.29. The average molecular weight is 463 g/mol. The van der Waals surface area contributed by atoms with E-state index in [4.69, 9.17) is 4.74 Å². The number of hydrogen-bond acceptors (Lipinski definition) is 4. The van der Waals surface area contributed by atoms with E-state index in [1.54, 1.807) is 23.3 Å². The lowest BCUT2D eigenvalue weighted by Gasteiger charge is -2.37. The number of fused-ring (bicyclic) bond motifs is 1. The van der Waals surface area contributed by atoms with E-state index in [9.17, 15) is 9.59 Å². The summed E-state index contributed by atoms with van der Waals surface area (Å²) in [5.41, 5.74) is 3.42. The third-order valence-electron chi connectivity index (χ3n) is 6.12. The molecule has 1 aromatic heterocycles. The Hall–Kier alpha value is -2.96. The first-order valence-corrected chi connectivity index (χ1v) is 12.3. The van der Waals surface area contributed by atoms with Crippen LogP contribution in [0.15, 0.2) is 72.1 Å². The molecule has 0 saturated carbocycles. The van der Waals surface area contributed by atoms with Crippen LogP contribution in [0.4, 0.5) is 0 Å². The van der Waals surface area contributed by atoms with Crippen molar-refractivity contribution in [3.05, 3.63) is 93.7 Å². The normalized spacial score (nSPS) is 15.2. The highest BCUT2D eigenvalue weighted by molar-refractivity contribution is 7.10. The van der Waals surface area contributed by atoms with Crippen LogP contribution in [-0.2, 0) is 27.2 Å². The lowest BCUT2D eigenvalue weighted by atomic mass is 9.93. The van der Waals surface area contributed by atoms with Crippen LogP contribution in [-0.4, -0.2) is 55.0 Å². The summed E-state index contributed by atoms with van der Waals surface area (Å²) >= 11 is 1.75. The molecule has 0 N–H and O–H groups in total. The largest absolute Gasteiger partial charge is 0.383 e. The second-order valence-corrected chi connectivity index (χ2v) is 9.24. The van der Waals surface area contributed by atoms with E-state index in [0.29, 0.717) is 32.5 Å². The van der Waals surface area contributed by atoms with E-state index < -0.39 is 0 Å². The first-order chi connectivity index (χ1) is 16.2. The SMILES string of the molecule is COCCN(CC(=O)N1CCc2sccc2C1c1ccccc1)C(=O)CCc1ccccc1. The molecule has 0 radical (unpaired) electrons. The van der Waals surface area contributed by atoms with Gasteiger partial charge in [-0.2, -0.15) is 0 Å². The van der Waals surface area contributed by atoms with Gasteiger partial charge in [-0.15, -0.1) is 11.3 Å². The van der Waals surface area contributed by atoms with Gasteiger partial charge in [0.1, 0.15) is 0 Å². The van der Waals surface area contributed by atoms with Crippen LogP contribution in [0.1, 0.15) is 34.0 Å². The number of rotatable bonds is 9. The minimum absolute atomic E-state index is 0.0197. The van der Waals surface area contributed by atoms with Gasteiger partial charge in [-0.1, -0.05) is 60.7 Å². The van der Waals surface area contributed by atoms with Gasteiger partial charge in [-0.05, 0) is 41.0 Å². The summed E-state index contributed by atoms with van der Waals surface area (Å²) in [6.07, 6.45) is 1.88. The number of thiophene rings is 1. The van der Waals surface area contributed by atoms with Crippen LogP contribution >= 0.6 is 11.3 Å². The molecule has 33 heavy (non-hydrogen) atoms. The van der Waals surface area contributed by atoms with Crippen molar-refractivity contribution in [2.45, 2.75) is 25.3 Å². The lowest BCUT2D eigenvalue weighted by Crippen LogP contribution is -2.47. The topological polar surface area (TPSA) is 49.9 Å². The highest BCUT2D eigenvalue weighted by Crippen LogP contribution is 2.37. The van der Waals surface area contributed by atoms with E-state index in [1.165, 1.54) is 10.4 Å². The van der Waals surface area contributed by atoms with Gasteiger partial charge in [0, 0.05) is 31.5 Å². The van der Waals surface area contributed by atoms with Crippen molar-refractivity contribution in [2.75, 3.05) is 33.4 Å². The van der Waals surface area contributed by atoms with Gasteiger partial charge in [-0.25, -0.2) is 0 Å². The standard InChI is InChI=1S/C27H30N2O3S/c1-32-18-17-28(25(30)13-12-21-8-4-2-5-9-21)20-26(31)29-16-14-24-23(15-19-33-24)27(29)22-10-6-3-7-11-22/h2-11,15,19,27H,12-14,16-18,20H2,1H3. The Morgan fingerprint density at radius 1 is 1.06 bits per heavy atom. The molecule has 1 aliphatic rings. The molecule has 0 spiro atoms. The zero-order chi connectivity index (χ0) is 23.0. The zero-order valence-electron chi connectivity index (χ0n) is 19.0. The van der Waals surface area contributed by atoms with Crippen LogP contribution in [0.25, 0.3) is 0 Å². The van der Waals surface area contributed by atoms with Gasteiger partial charge in [0.15, 0.2) is 0 Å². The second-order valence-electron chi connectivity index (χ2n) is 8.24. The first kappa shape index (κ1) is 23.2. The molecule has 0 saturated heterocycles. The fourth-order valence-electron chi connectivity index (χ4n) is 4.38. The van der Waals surface area contributed by atoms with Crippen molar-refractivity contribution in [2.24, 2.45) is 0 Å². The summed E-state index contributed by atoms with van der Waals surface area (Å²) in [6, 6.07) is 22.1. The molecule has 2 amide bonds. The maximum Gasteiger partial charge on any atom is 0.242 e. The Morgan fingerprint density at radius 3 is 2.52 bits per heavy atom. The number of amides is 2. The molecule has 0 bridgehead atoms. The molecule has 0 aliphatic carbocycles. The number of methoxy groups -OCH3 is 1. The molecular formula is C27H30N2O3S. The van der Waals surface area contributed by atoms with E-state index >= 15 is 0 Å². The van der Waals surface area contributed by atoms with Crippen molar-refractivity contribution >= 4 is 23.2 Å². The number of hydrogen-bond donors (Lipinski definition) is 0. The van der Waals surface area contributed by atoms with Crippen molar-refractivity contribution in [1.29, 1.82) is 0 Å².